The van der Waals surface area contributed by atoms with Crippen LogP contribution in [0.4, 0.5) is 0 Å². The predicted molar refractivity (Wildman–Crippen MR) is 81.4 cm³/mol. The molecule has 1 aromatic heterocycles. The molecule has 0 aliphatic heterocycles. The van der Waals surface area contributed by atoms with Gasteiger partial charge in [-0.3, -0.25) is 4.79 Å². The normalized spacial score (nSPS) is 10.5. The Morgan fingerprint density at radius 1 is 1.29 bits per heavy atom. The van der Waals surface area contributed by atoms with Crippen LogP contribution in [0, 0.1) is 10.5 Å². The molecule has 0 radical (unpaired) electrons. The van der Waals surface area contributed by atoms with Gasteiger partial charge in [-0.25, -0.2) is 0 Å². The molecule has 0 bridgehead atoms. The van der Waals surface area contributed by atoms with E-state index in [1.165, 1.54) is 0 Å². The molecule has 2 aromatic rings. The predicted octanol–water partition coefficient (Wildman–Crippen LogP) is 3.57. The zero-order chi connectivity index (χ0) is 12.4. The first-order valence-corrected chi connectivity index (χ1v) is 7.04. The second-order valence-corrected chi connectivity index (χ2v) is 5.97. The maximum absolute atomic E-state index is 11.8. The van der Waals surface area contributed by atoms with Gasteiger partial charge in [0.25, 0.3) is 5.56 Å². The van der Waals surface area contributed by atoms with E-state index >= 15 is 0 Å². The molecule has 0 saturated heterocycles. The molecule has 2 rings (SSSR count). The van der Waals surface area contributed by atoms with E-state index in [0.29, 0.717) is 6.54 Å². The number of rotatable bonds is 2. The molecule has 1 heterocycles. The van der Waals surface area contributed by atoms with E-state index in [1.54, 1.807) is 10.6 Å². The average molecular weight is 404 g/mol. The number of benzene rings is 1. The highest BCUT2D eigenvalue weighted by Gasteiger charge is 2.02. The van der Waals surface area contributed by atoms with Gasteiger partial charge in [0.2, 0.25) is 0 Å². The van der Waals surface area contributed by atoms with E-state index in [2.05, 4.69) is 38.5 Å². The van der Waals surface area contributed by atoms with Crippen LogP contribution in [0.2, 0.25) is 0 Å². The van der Waals surface area contributed by atoms with Crippen LogP contribution in [-0.2, 0) is 6.54 Å². The lowest BCUT2D eigenvalue weighted by molar-refractivity contribution is 0.753. The number of aryl methyl sites for hydroxylation is 1. The second kappa shape index (κ2) is 5.35. The van der Waals surface area contributed by atoms with Gasteiger partial charge in [-0.2, -0.15) is 0 Å². The smallest absolute Gasteiger partial charge is 0.251 e. The first kappa shape index (κ1) is 12.8. The summed E-state index contributed by atoms with van der Waals surface area (Å²) in [6, 6.07) is 9.69. The Morgan fingerprint density at radius 3 is 2.59 bits per heavy atom. The summed E-state index contributed by atoms with van der Waals surface area (Å²) in [6.07, 6.45) is 1.90. The Labute approximate surface area is 122 Å². The van der Waals surface area contributed by atoms with Gasteiger partial charge in [0.15, 0.2) is 0 Å². The molecule has 0 spiro atoms. The van der Waals surface area contributed by atoms with Crippen LogP contribution in [-0.4, -0.2) is 4.57 Å². The number of hydrogen-bond acceptors (Lipinski definition) is 1. The Balaban J connectivity index is 2.33. The Hall–Kier alpha value is -0.620. The maximum Gasteiger partial charge on any atom is 0.251 e. The largest absolute Gasteiger partial charge is 0.310 e. The molecule has 17 heavy (non-hydrogen) atoms. The van der Waals surface area contributed by atoms with Crippen LogP contribution in [0.15, 0.2) is 45.8 Å². The van der Waals surface area contributed by atoms with E-state index in [4.69, 9.17) is 0 Å². The van der Waals surface area contributed by atoms with E-state index < -0.39 is 0 Å². The van der Waals surface area contributed by atoms with Crippen molar-refractivity contribution in [2.24, 2.45) is 0 Å². The minimum Gasteiger partial charge on any atom is -0.310 e. The molecule has 0 amide bonds. The van der Waals surface area contributed by atoms with Gasteiger partial charge in [-0.15, -0.1) is 0 Å². The SMILES string of the molecule is Cc1cc(=O)n(Cc2ccc(Br)cc2)cc1I. The highest BCUT2D eigenvalue weighted by molar-refractivity contribution is 14.1. The number of nitrogens with zero attached hydrogens (tertiary/aromatic N) is 1. The second-order valence-electron chi connectivity index (χ2n) is 3.90. The van der Waals surface area contributed by atoms with Crippen LogP contribution in [0.5, 0.6) is 0 Å². The Morgan fingerprint density at radius 2 is 1.94 bits per heavy atom. The maximum atomic E-state index is 11.8. The van der Waals surface area contributed by atoms with Crippen LogP contribution in [0.1, 0.15) is 11.1 Å². The summed E-state index contributed by atoms with van der Waals surface area (Å²) in [6.45, 7) is 2.57. The molecule has 2 nitrogen and oxygen atoms in total. The van der Waals surface area contributed by atoms with Gasteiger partial charge in [-0.1, -0.05) is 28.1 Å². The third-order valence-electron chi connectivity index (χ3n) is 2.54. The van der Waals surface area contributed by atoms with Gasteiger partial charge in [-0.05, 0) is 52.8 Å². The standard InChI is InChI=1S/C13H11BrINO/c1-9-6-13(17)16(8-12(9)15)7-10-2-4-11(14)5-3-10/h2-6,8H,7H2,1H3. The topological polar surface area (TPSA) is 22.0 Å². The molecule has 0 N–H and O–H groups in total. The van der Waals surface area contributed by atoms with Gasteiger partial charge in [0.1, 0.15) is 0 Å². The molecular formula is C13H11BrINO. The van der Waals surface area contributed by atoms with Crippen LogP contribution in [0.3, 0.4) is 0 Å². The third-order valence-corrected chi connectivity index (χ3v) is 4.19. The van der Waals surface area contributed by atoms with Crippen molar-refractivity contribution in [3.8, 4) is 0 Å². The first-order valence-electron chi connectivity index (χ1n) is 5.17. The van der Waals surface area contributed by atoms with Crippen molar-refractivity contribution in [1.82, 2.24) is 4.57 Å². The van der Waals surface area contributed by atoms with Crippen molar-refractivity contribution in [2.75, 3.05) is 0 Å². The molecule has 0 saturated carbocycles. The third kappa shape index (κ3) is 3.19. The number of hydrogen-bond donors (Lipinski definition) is 0. The molecule has 0 atom stereocenters. The number of pyridine rings is 1. The summed E-state index contributed by atoms with van der Waals surface area (Å²) < 4.78 is 3.89. The van der Waals surface area contributed by atoms with E-state index in [0.717, 1.165) is 19.2 Å². The van der Waals surface area contributed by atoms with Crippen LogP contribution in [0.25, 0.3) is 0 Å². The molecular weight excluding hydrogens is 393 g/mol. The summed E-state index contributed by atoms with van der Waals surface area (Å²) >= 11 is 5.64. The summed E-state index contributed by atoms with van der Waals surface area (Å²) in [5.41, 5.74) is 2.20. The van der Waals surface area contributed by atoms with Crippen molar-refractivity contribution < 1.29 is 0 Å². The van der Waals surface area contributed by atoms with Crippen LogP contribution >= 0.6 is 38.5 Å². The van der Waals surface area contributed by atoms with Gasteiger partial charge in [0.05, 0.1) is 6.54 Å². The lowest BCUT2D eigenvalue weighted by Gasteiger charge is -2.08. The molecule has 0 unspecified atom stereocenters. The van der Waals surface area contributed by atoms with Crippen molar-refractivity contribution in [1.29, 1.82) is 0 Å². The zero-order valence-corrected chi connectivity index (χ0v) is 13.0. The lowest BCUT2D eigenvalue weighted by Crippen LogP contribution is -2.20. The first-order chi connectivity index (χ1) is 8.06. The fourth-order valence-corrected chi connectivity index (χ4v) is 2.31. The molecule has 0 aliphatic carbocycles. The fraction of sp³-hybridized carbons (Fsp3) is 0.154. The quantitative estimate of drug-likeness (QED) is 0.702. The number of halogens is 2. The van der Waals surface area contributed by atoms with Crippen molar-refractivity contribution in [3.63, 3.8) is 0 Å². The molecule has 88 valence electrons. The lowest BCUT2D eigenvalue weighted by atomic mass is 10.2. The van der Waals surface area contributed by atoms with Crippen LogP contribution < -0.4 is 5.56 Å². The van der Waals surface area contributed by atoms with E-state index in [-0.39, 0.29) is 5.56 Å². The highest BCUT2D eigenvalue weighted by Crippen LogP contribution is 2.12. The summed E-state index contributed by atoms with van der Waals surface area (Å²) in [7, 11) is 0. The summed E-state index contributed by atoms with van der Waals surface area (Å²) in [4.78, 5) is 11.8. The monoisotopic (exact) mass is 403 g/mol. The Bertz CT molecular complexity index is 589. The number of aromatic nitrogens is 1. The molecule has 0 fully saturated rings. The minimum atomic E-state index is 0.0471. The summed E-state index contributed by atoms with van der Waals surface area (Å²) in [5.74, 6) is 0. The summed E-state index contributed by atoms with van der Waals surface area (Å²) in [5, 5.41) is 0. The highest BCUT2D eigenvalue weighted by atomic mass is 127. The van der Waals surface area contributed by atoms with Gasteiger partial charge >= 0.3 is 0 Å². The minimum absolute atomic E-state index is 0.0471. The fourth-order valence-electron chi connectivity index (χ4n) is 1.55. The van der Waals surface area contributed by atoms with Gasteiger partial charge < -0.3 is 4.57 Å². The van der Waals surface area contributed by atoms with Crippen molar-refractivity contribution in [2.45, 2.75) is 13.5 Å². The van der Waals surface area contributed by atoms with Crippen molar-refractivity contribution in [3.05, 3.63) is 66.1 Å². The van der Waals surface area contributed by atoms with Gasteiger partial charge in [0, 0.05) is 20.3 Å². The molecule has 1 aromatic carbocycles. The zero-order valence-electron chi connectivity index (χ0n) is 9.28. The van der Waals surface area contributed by atoms with Crippen molar-refractivity contribution >= 4 is 38.5 Å². The van der Waals surface area contributed by atoms with E-state index in [9.17, 15) is 4.79 Å². The molecule has 0 aliphatic rings. The van der Waals surface area contributed by atoms with E-state index in [1.807, 2.05) is 37.4 Å². The molecule has 4 heteroatoms. The Kier molecular flexibility index (Phi) is 4.04. The average Bonchev–Trinajstić information content (AvgIpc) is 2.29.